The van der Waals surface area contributed by atoms with Crippen molar-refractivity contribution in [3.05, 3.63) is 0 Å². The maximum atomic E-state index is 5.55. The second-order valence-corrected chi connectivity index (χ2v) is 5.28. The molecule has 18 heavy (non-hydrogen) atoms. The lowest BCUT2D eigenvalue weighted by atomic mass is 10.3. The number of rotatable bonds is 6. The minimum Gasteiger partial charge on any atom is -0.379 e. The lowest BCUT2D eigenvalue weighted by molar-refractivity contribution is 0.0299. The number of piperazine rings is 1. The molecule has 106 valence electrons. The van der Waals surface area contributed by atoms with Crippen LogP contribution < -0.4 is 5.73 Å². The fourth-order valence-corrected chi connectivity index (χ4v) is 2.66. The Kier molecular flexibility index (Phi) is 6.37. The number of morpholine rings is 1. The first-order valence-electron chi connectivity index (χ1n) is 7.33. The molecule has 0 spiro atoms. The number of ether oxygens (including phenoxy) is 1. The Balaban J connectivity index is 1.55. The van der Waals surface area contributed by atoms with Crippen molar-refractivity contribution in [2.45, 2.75) is 6.42 Å². The molecule has 2 rings (SSSR count). The molecule has 0 bridgehead atoms. The maximum Gasteiger partial charge on any atom is 0.0594 e. The first kappa shape index (κ1) is 14.2. The van der Waals surface area contributed by atoms with E-state index in [-0.39, 0.29) is 0 Å². The summed E-state index contributed by atoms with van der Waals surface area (Å²) in [5.74, 6) is 0. The van der Waals surface area contributed by atoms with E-state index in [0.29, 0.717) is 0 Å². The minimum atomic E-state index is 0.817. The second-order valence-electron chi connectivity index (χ2n) is 5.28. The van der Waals surface area contributed by atoms with Crippen LogP contribution in [0.1, 0.15) is 6.42 Å². The van der Waals surface area contributed by atoms with Crippen LogP contribution in [0.5, 0.6) is 0 Å². The van der Waals surface area contributed by atoms with Gasteiger partial charge < -0.3 is 15.4 Å². The van der Waals surface area contributed by atoms with Crippen LogP contribution in [0.25, 0.3) is 0 Å². The van der Waals surface area contributed by atoms with Gasteiger partial charge in [0.15, 0.2) is 0 Å². The van der Waals surface area contributed by atoms with Crippen molar-refractivity contribution in [3.63, 3.8) is 0 Å². The summed E-state index contributed by atoms with van der Waals surface area (Å²) in [5.41, 5.74) is 5.55. The summed E-state index contributed by atoms with van der Waals surface area (Å²) in [7, 11) is 0. The molecule has 5 heteroatoms. The Morgan fingerprint density at radius 1 is 0.722 bits per heavy atom. The predicted octanol–water partition coefficient (Wildman–Crippen LogP) is -0.715. The van der Waals surface area contributed by atoms with Crippen LogP contribution in [0.3, 0.4) is 0 Å². The van der Waals surface area contributed by atoms with E-state index in [0.717, 1.165) is 39.3 Å². The Morgan fingerprint density at radius 2 is 1.22 bits per heavy atom. The summed E-state index contributed by atoms with van der Waals surface area (Å²) in [6.45, 7) is 13.3. The molecule has 0 aromatic heterocycles. The molecule has 0 atom stereocenters. The fraction of sp³-hybridized carbons (Fsp3) is 1.00. The van der Waals surface area contributed by atoms with E-state index in [1.54, 1.807) is 0 Å². The lowest BCUT2D eigenvalue weighted by Crippen LogP contribution is -2.49. The van der Waals surface area contributed by atoms with Crippen molar-refractivity contribution < 1.29 is 4.74 Å². The summed E-state index contributed by atoms with van der Waals surface area (Å²) < 4.78 is 5.37. The molecule has 0 aliphatic carbocycles. The van der Waals surface area contributed by atoms with Crippen molar-refractivity contribution in [2.75, 3.05) is 78.7 Å². The summed E-state index contributed by atoms with van der Waals surface area (Å²) >= 11 is 0. The molecule has 0 aromatic rings. The third kappa shape index (κ3) is 4.82. The highest BCUT2D eigenvalue weighted by atomic mass is 16.5. The molecular weight excluding hydrogens is 228 g/mol. The van der Waals surface area contributed by atoms with Crippen LogP contribution in [0.2, 0.25) is 0 Å². The molecule has 2 aliphatic heterocycles. The van der Waals surface area contributed by atoms with Gasteiger partial charge in [-0.05, 0) is 19.5 Å². The molecule has 2 heterocycles. The van der Waals surface area contributed by atoms with E-state index in [1.165, 1.54) is 45.8 Å². The van der Waals surface area contributed by atoms with Crippen molar-refractivity contribution in [1.82, 2.24) is 14.7 Å². The van der Waals surface area contributed by atoms with Crippen LogP contribution in [0.4, 0.5) is 0 Å². The second kappa shape index (κ2) is 8.07. The largest absolute Gasteiger partial charge is 0.379 e. The number of hydrogen-bond acceptors (Lipinski definition) is 5. The van der Waals surface area contributed by atoms with Crippen LogP contribution in [-0.2, 0) is 4.74 Å². The van der Waals surface area contributed by atoms with Crippen molar-refractivity contribution >= 4 is 0 Å². The average molecular weight is 256 g/mol. The summed E-state index contributed by atoms with van der Waals surface area (Å²) in [5, 5.41) is 0. The molecule has 0 amide bonds. The van der Waals surface area contributed by atoms with E-state index in [1.807, 2.05) is 0 Å². The standard InChI is InChI=1S/C13H28N4O/c14-2-1-3-15-4-6-16(7-5-15)8-9-17-10-12-18-13-11-17/h1-14H2. The molecule has 0 unspecified atom stereocenters. The van der Waals surface area contributed by atoms with Crippen molar-refractivity contribution in [1.29, 1.82) is 0 Å². The van der Waals surface area contributed by atoms with Gasteiger partial charge in [-0.25, -0.2) is 0 Å². The zero-order chi connectivity index (χ0) is 12.6. The quantitative estimate of drug-likeness (QED) is 0.680. The Labute approximate surface area is 111 Å². The van der Waals surface area contributed by atoms with Gasteiger partial charge in [0.1, 0.15) is 0 Å². The Hall–Kier alpha value is -0.200. The Morgan fingerprint density at radius 3 is 1.78 bits per heavy atom. The SMILES string of the molecule is NCCCN1CCN(CCN2CCOCC2)CC1. The molecule has 2 fully saturated rings. The van der Waals surface area contributed by atoms with Gasteiger partial charge in [0.25, 0.3) is 0 Å². The minimum absolute atomic E-state index is 0.817. The summed E-state index contributed by atoms with van der Waals surface area (Å²) in [4.78, 5) is 7.65. The van der Waals surface area contributed by atoms with E-state index in [2.05, 4.69) is 14.7 Å². The predicted molar refractivity (Wildman–Crippen MR) is 73.8 cm³/mol. The van der Waals surface area contributed by atoms with Gasteiger partial charge in [-0.15, -0.1) is 0 Å². The third-order valence-electron chi connectivity index (χ3n) is 3.98. The third-order valence-corrected chi connectivity index (χ3v) is 3.98. The van der Waals surface area contributed by atoms with E-state index >= 15 is 0 Å². The molecule has 2 N–H and O–H groups in total. The van der Waals surface area contributed by atoms with Gasteiger partial charge in [0.2, 0.25) is 0 Å². The van der Waals surface area contributed by atoms with Gasteiger partial charge in [-0.3, -0.25) is 9.80 Å². The van der Waals surface area contributed by atoms with Crippen LogP contribution in [0, 0.1) is 0 Å². The molecule has 2 aliphatic rings. The topological polar surface area (TPSA) is 45.0 Å². The van der Waals surface area contributed by atoms with Gasteiger partial charge in [0.05, 0.1) is 13.2 Å². The van der Waals surface area contributed by atoms with Crippen LogP contribution in [0.15, 0.2) is 0 Å². The molecule has 5 nitrogen and oxygen atoms in total. The monoisotopic (exact) mass is 256 g/mol. The maximum absolute atomic E-state index is 5.55. The van der Waals surface area contributed by atoms with Crippen molar-refractivity contribution in [2.24, 2.45) is 5.73 Å². The fourth-order valence-electron chi connectivity index (χ4n) is 2.66. The molecule has 2 saturated heterocycles. The molecule has 0 aromatic carbocycles. The van der Waals surface area contributed by atoms with Gasteiger partial charge >= 0.3 is 0 Å². The first-order valence-corrected chi connectivity index (χ1v) is 7.33. The first-order chi connectivity index (χ1) is 8.88. The Bertz CT molecular complexity index is 213. The molecule has 0 saturated carbocycles. The van der Waals surface area contributed by atoms with Crippen molar-refractivity contribution in [3.8, 4) is 0 Å². The van der Waals surface area contributed by atoms with Gasteiger partial charge in [-0.2, -0.15) is 0 Å². The van der Waals surface area contributed by atoms with E-state index in [4.69, 9.17) is 10.5 Å². The zero-order valence-corrected chi connectivity index (χ0v) is 11.5. The number of hydrogen-bond donors (Lipinski definition) is 1. The van der Waals surface area contributed by atoms with Crippen LogP contribution in [-0.4, -0.2) is 93.4 Å². The lowest BCUT2D eigenvalue weighted by Gasteiger charge is -2.36. The normalized spacial score (nSPS) is 24.5. The zero-order valence-electron chi connectivity index (χ0n) is 11.5. The van der Waals surface area contributed by atoms with E-state index in [9.17, 15) is 0 Å². The number of nitrogens with zero attached hydrogens (tertiary/aromatic N) is 3. The highest BCUT2D eigenvalue weighted by Gasteiger charge is 2.17. The van der Waals surface area contributed by atoms with Gasteiger partial charge in [0, 0.05) is 52.4 Å². The molecule has 0 radical (unpaired) electrons. The smallest absolute Gasteiger partial charge is 0.0594 e. The average Bonchev–Trinajstić information content (AvgIpc) is 2.45. The highest BCUT2D eigenvalue weighted by Crippen LogP contribution is 2.03. The number of nitrogens with two attached hydrogens (primary N) is 1. The van der Waals surface area contributed by atoms with Crippen LogP contribution >= 0.6 is 0 Å². The summed E-state index contributed by atoms with van der Waals surface area (Å²) in [6, 6.07) is 0. The van der Waals surface area contributed by atoms with E-state index < -0.39 is 0 Å². The summed E-state index contributed by atoms with van der Waals surface area (Å²) in [6.07, 6.45) is 1.13. The van der Waals surface area contributed by atoms with Gasteiger partial charge in [-0.1, -0.05) is 0 Å². The highest BCUT2D eigenvalue weighted by molar-refractivity contribution is 4.73. The molecular formula is C13H28N4O.